The van der Waals surface area contributed by atoms with E-state index in [0.29, 0.717) is 10.9 Å². The first-order valence-corrected chi connectivity index (χ1v) is 8.81. The lowest BCUT2D eigenvalue weighted by Crippen LogP contribution is -2.48. The van der Waals surface area contributed by atoms with Crippen molar-refractivity contribution in [3.8, 4) is 5.69 Å². The van der Waals surface area contributed by atoms with Gasteiger partial charge in [-0.25, -0.2) is 0 Å². The van der Waals surface area contributed by atoms with Crippen LogP contribution in [-0.4, -0.2) is 29.6 Å². The SMILES string of the molecule is Cc1cc(C(=O)NC2CCNCC2C)c(C)n1-c1cccc(Cl)c1. The van der Waals surface area contributed by atoms with E-state index in [1.165, 1.54) is 0 Å². The summed E-state index contributed by atoms with van der Waals surface area (Å²) in [6, 6.07) is 9.88. The van der Waals surface area contributed by atoms with Crippen LogP contribution in [0, 0.1) is 19.8 Å². The van der Waals surface area contributed by atoms with Crippen LogP contribution in [0.3, 0.4) is 0 Å². The van der Waals surface area contributed by atoms with Gasteiger partial charge in [0.2, 0.25) is 0 Å². The van der Waals surface area contributed by atoms with Gasteiger partial charge in [0.05, 0.1) is 5.56 Å². The third-order valence-electron chi connectivity index (χ3n) is 4.84. The molecule has 128 valence electrons. The smallest absolute Gasteiger partial charge is 0.253 e. The Morgan fingerprint density at radius 2 is 2.12 bits per heavy atom. The first kappa shape index (κ1) is 17.1. The quantitative estimate of drug-likeness (QED) is 0.894. The van der Waals surface area contributed by atoms with Crippen LogP contribution in [0.15, 0.2) is 30.3 Å². The van der Waals surface area contributed by atoms with E-state index >= 15 is 0 Å². The van der Waals surface area contributed by atoms with Crippen molar-refractivity contribution >= 4 is 17.5 Å². The normalized spacial score (nSPS) is 20.8. The molecule has 2 N–H and O–H groups in total. The predicted octanol–water partition coefficient (Wildman–Crippen LogP) is 3.48. The molecular formula is C19H24ClN3O. The molecule has 1 aromatic heterocycles. The van der Waals surface area contributed by atoms with E-state index in [0.717, 1.165) is 42.1 Å². The minimum Gasteiger partial charge on any atom is -0.349 e. The Labute approximate surface area is 148 Å². The number of piperidine rings is 1. The lowest BCUT2D eigenvalue weighted by Gasteiger charge is -2.30. The largest absolute Gasteiger partial charge is 0.349 e. The highest BCUT2D eigenvalue weighted by Gasteiger charge is 2.25. The molecule has 1 amide bonds. The summed E-state index contributed by atoms with van der Waals surface area (Å²) in [5, 5.41) is 7.26. The van der Waals surface area contributed by atoms with Gasteiger partial charge in [0.25, 0.3) is 5.91 Å². The fraction of sp³-hybridized carbons (Fsp3) is 0.421. The van der Waals surface area contributed by atoms with Gasteiger partial charge in [-0.05, 0) is 63.5 Å². The molecule has 1 fully saturated rings. The minimum atomic E-state index is 0.00938. The number of hydrogen-bond donors (Lipinski definition) is 2. The maximum Gasteiger partial charge on any atom is 0.253 e. The Hall–Kier alpha value is -1.78. The van der Waals surface area contributed by atoms with Crippen LogP contribution in [0.1, 0.15) is 35.1 Å². The fourth-order valence-corrected chi connectivity index (χ4v) is 3.66. The van der Waals surface area contributed by atoms with Crippen molar-refractivity contribution in [1.29, 1.82) is 0 Å². The Morgan fingerprint density at radius 3 is 2.83 bits per heavy atom. The number of halogens is 1. The average molecular weight is 346 g/mol. The van der Waals surface area contributed by atoms with Crippen LogP contribution >= 0.6 is 11.6 Å². The Bertz CT molecular complexity index is 753. The molecule has 24 heavy (non-hydrogen) atoms. The zero-order chi connectivity index (χ0) is 17.3. The third-order valence-corrected chi connectivity index (χ3v) is 5.08. The molecule has 1 aliphatic rings. The van der Waals surface area contributed by atoms with E-state index < -0.39 is 0 Å². The maximum absolute atomic E-state index is 12.8. The van der Waals surface area contributed by atoms with Crippen LogP contribution in [0.5, 0.6) is 0 Å². The third kappa shape index (κ3) is 3.35. The molecule has 4 nitrogen and oxygen atoms in total. The van der Waals surface area contributed by atoms with E-state index in [1.54, 1.807) is 0 Å². The second-order valence-corrected chi connectivity index (χ2v) is 7.09. The molecule has 1 aromatic carbocycles. The van der Waals surface area contributed by atoms with Gasteiger partial charge in [0, 0.05) is 28.1 Å². The molecule has 2 unspecified atom stereocenters. The van der Waals surface area contributed by atoms with Crippen LogP contribution in [0.25, 0.3) is 5.69 Å². The summed E-state index contributed by atoms with van der Waals surface area (Å²) >= 11 is 6.12. The average Bonchev–Trinajstić information content (AvgIpc) is 2.84. The number of benzene rings is 1. The van der Waals surface area contributed by atoms with Crippen LogP contribution in [0.4, 0.5) is 0 Å². The summed E-state index contributed by atoms with van der Waals surface area (Å²) in [4.78, 5) is 12.8. The van der Waals surface area contributed by atoms with Gasteiger partial charge < -0.3 is 15.2 Å². The summed E-state index contributed by atoms with van der Waals surface area (Å²) in [6.07, 6.45) is 0.972. The Balaban J connectivity index is 1.87. The molecule has 3 rings (SSSR count). The lowest BCUT2D eigenvalue weighted by atomic mass is 9.95. The first-order chi connectivity index (χ1) is 11.5. The lowest BCUT2D eigenvalue weighted by molar-refractivity contribution is 0.0913. The zero-order valence-corrected chi connectivity index (χ0v) is 15.2. The summed E-state index contributed by atoms with van der Waals surface area (Å²) < 4.78 is 2.08. The topological polar surface area (TPSA) is 46.1 Å². The molecule has 0 bridgehead atoms. The number of aromatic nitrogens is 1. The van der Waals surface area contributed by atoms with E-state index in [1.807, 2.05) is 44.2 Å². The van der Waals surface area contributed by atoms with Gasteiger partial charge >= 0.3 is 0 Å². The molecule has 0 spiro atoms. The van der Waals surface area contributed by atoms with E-state index in [-0.39, 0.29) is 11.9 Å². The Kier molecular flexibility index (Phi) is 4.97. The van der Waals surface area contributed by atoms with Crippen molar-refractivity contribution in [2.24, 2.45) is 5.92 Å². The highest BCUT2D eigenvalue weighted by atomic mass is 35.5. The van der Waals surface area contributed by atoms with Crippen molar-refractivity contribution in [2.45, 2.75) is 33.2 Å². The minimum absolute atomic E-state index is 0.00938. The predicted molar refractivity (Wildman–Crippen MR) is 98.2 cm³/mol. The molecule has 2 aromatic rings. The van der Waals surface area contributed by atoms with Crippen molar-refractivity contribution < 1.29 is 4.79 Å². The molecule has 0 aliphatic carbocycles. The monoisotopic (exact) mass is 345 g/mol. The van der Waals surface area contributed by atoms with Gasteiger partial charge in [0.15, 0.2) is 0 Å². The van der Waals surface area contributed by atoms with Gasteiger partial charge in [-0.15, -0.1) is 0 Å². The summed E-state index contributed by atoms with van der Waals surface area (Å²) in [6.45, 7) is 8.07. The first-order valence-electron chi connectivity index (χ1n) is 8.44. The second kappa shape index (κ2) is 6.99. The molecule has 1 saturated heterocycles. The molecule has 0 saturated carbocycles. The zero-order valence-electron chi connectivity index (χ0n) is 14.4. The number of rotatable bonds is 3. The summed E-state index contributed by atoms with van der Waals surface area (Å²) in [5.41, 5.74) is 3.68. The number of hydrogen-bond acceptors (Lipinski definition) is 2. The van der Waals surface area contributed by atoms with E-state index in [4.69, 9.17) is 11.6 Å². The fourth-order valence-electron chi connectivity index (χ4n) is 3.48. The molecule has 0 radical (unpaired) electrons. The highest BCUT2D eigenvalue weighted by Crippen LogP contribution is 2.23. The number of nitrogens with zero attached hydrogens (tertiary/aromatic N) is 1. The molecule has 1 aliphatic heterocycles. The van der Waals surface area contributed by atoms with Crippen molar-refractivity contribution in [2.75, 3.05) is 13.1 Å². The van der Waals surface area contributed by atoms with Crippen LogP contribution in [0.2, 0.25) is 5.02 Å². The van der Waals surface area contributed by atoms with Crippen LogP contribution < -0.4 is 10.6 Å². The van der Waals surface area contributed by atoms with Crippen molar-refractivity contribution in [3.05, 3.63) is 52.3 Å². The van der Waals surface area contributed by atoms with Gasteiger partial charge in [0.1, 0.15) is 0 Å². The van der Waals surface area contributed by atoms with Crippen LogP contribution in [-0.2, 0) is 0 Å². The van der Waals surface area contributed by atoms with Crippen molar-refractivity contribution in [3.63, 3.8) is 0 Å². The number of aryl methyl sites for hydroxylation is 1. The standard InChI is InChI=1S/C19H24ClN3O/c1-12-11-21-8-7-18(12)22-19(24)17-9-13(2)23(14(17)3)16-6-4-5-15(20)10-16/h4-6,9-10,12,18,21H,7-8,11H2,1-3H3,(H,22,24). The van der Waals surface area contributed by atoms with Crippen molar-refractivity contribution in [1.82, 2.24) is 15.2 Å². The van der Waals surface area contributed by atoms with Gasteiger partial charge in [-0.1, -0.05) is 24.6 Å². The molecular weight excluding hydrogens is 322 g/mol. The number of carbonyl (C=O) groups is 1. The number of carbonyl (C=O) groups excluding carboxylic acids is 1. The number of amides is 1. The number of nitrogens with one attached hydrogen (secondary N) is 2. The van der Waals surface area contributed by atoms with E-state index in [9.17, 15) is 4.79 Å². The van der Waals surface area contributed by atoms with E-state index in [2.05, 4.69) is 22.1 Å². The summed E-state index contributed by atoms with van der Waals surface area (Å²) in [7, 11) is 0. The summed E-state index contributed by atoms with van der Waals surface area (Å²) in [5.74, 6) is 0.453. The highest BCUT2D eigenvalue weighted by molar-refractivity contribution is 6.30. The Morgan fingerprint density at radius 1 is 1.33 bits per heavy atom. The van der Waals surface area contributed by atoms with Gasteiger partial charge in [-0.2, -0.15) is 0 Å². The molecule has 2 atom stereocenters. The second-order valence-electron chi connectivity index (χ2n) is 6.65. The maximum atomic E-state index is 12.8. The molecule has 5 heteroatoms. The molecule has 2 heterocycles. The van der Waals surface area contributed by atoms with Gasteiger partial charge in [-0.3, -0.25) is 4.79 Å².